The number of nitro groups is 1. The number of nitro benzene ring substituents is 1. The second kappa shape index (κ2) is 8.28. The maximum Gasteiger partial charge on any atom is 0.433 e. The van der Waals surface area contributed by atoms with E-state index in [9.17, 15) is 28.1 Å². The molecule has 1 aromatic carbocycles. The minimum Gasteiger partial charge on any atom is -0.304 e. The van der Waals surface area contributed by atoms with Gasteiger partial charge in [-0.25, -0.2) is 9.50 Å². The smallest absolute Gasteiger partial charge is 0.304 e. The van der Waals surface area contributed by atoms with Crippen LogP contribution in [0.25, 0.3) is 16.9 Å². The number of aromatic nitrogens is 3. The summed E-state index contributed by atoms with van der Waals surface area (Å²) in [7, 11) is 1.98. The third kappa shape index (κ3) is 4.46. The molecule has 0 amide bonds. The zero-order valence-electron chi connectivity index (χ0n) is 17.0. The lowest BCUT2D eigenvalue weighted by atomic mass is 10.1. The number of hydrogen-bond acceptors (Lipinski definition) is 7. The Morgan fingerprint density at radius 3 is 2.38 bits per heavy atom. The molecule has 1 aliphatic rings. The van der Waals surface area contributed by atoms with Crippen molar-refractivity contribution in [1.29, 1.82) is 0 Å². The molecular formula is C20H19F3N6O3. The van der Waals surface area contributed by atoms with E-state index < -0.39 is 16.8 Å². The van der Waals surface area contributed by atoms with Gasteiger partial charge in [0.1, 0.15) is 5.69 Å². The highest BCUT2D eigenvalue weighted by atomic mass is 19.4. The first kappa shape index (κ1) is 21.8. The van der Waals surface area contributed by atoms with Gasteiger partial charge in [-0.2, -0.15) is 18.3 Å². The summed E-state index contributed by atoms with van der Waals surface area (Å²) in [5, 5.41) is 14.7. The van der Waals surface area contributed by atoms with Gasteiger partial charge in [-0.05, 0) is 25.2 Å². The van der Waals surface area contributed by atoms with E-state index in [-0.39, 0.29) is 40.6 Å². The SMILES string of the molecule is CN1CCN(CC(=O)c2cc3nc(-c4ccc([N+](=O)[O-])cc4)cc(C(F)(F)F)n3n2)CC1. The molecule has 12 heteroatoms. The molecule has 3 aromatic rings. The topological polar surface area (TPSA) is 96.9 Å². The Morgan fingerprint density at radius 1 is 1.12 bits per heavy atom. The molecule has 1 aliphatic heterocycles. The highest BCUT2D eigenvalue weighted by Crippen LogP contribution is 2.32. The largest absolute Gasteiger partial charge is 0.433 e. The average Bonchev–Trinajstić information content (AvgIpc) is 3.18. The number of carbonyl (C=O) groups excluding carboxylic acids is 1. The molecule has 168 valence electrons. The van der Waals surface area contributed by atoms with Crippen molar-refractivity contribution < 1.29 is 22.9 Å². The van der Waals surface area contributed by atoms with E-state index in [2.05, 4.69) is 15.0 Å². The lowest BCUT2D eigenvalue weighted by Gasteiger charge is -2.31. The number of fused-ring (bicyclic) bond motifs is 1. The number of alkyl halides is 3. The van der Waals surface area contributed by atoms with Crippen molar-refractivity contribution in [3.63, 3.8) is 0 Å². The number of non-ortho nitro benzene ring substituents is 1. The van der Waals surface area contributed by atoms with Crippen molar-refractivity contribution in [2.24, 2.45) is 0 Å². The van der Waals surface area contributed by atoms with Crippen LogP contribution in [0, 0.1) is 10.1 Å². The number of benzene rings is 1. The van der Waals surface area contributed by atoms with E-state index in [1.807, 2.05) is 11.9 Å². The lowest BCUT2D eigenvalue weighted by Crippen LogP contribution is -2.46. The summed E-state index contributed by atoms with van der Waals surface area (Å²) < 4.78 is 41.8. The number of Topliss-reactive ketones (excluding diaryl/α,β-unsaturated/α-hetero) is 1. The Balaban J connectivity index is 1.69. The first-order valence-electron chi connectivity index (χ1n) is 9.79. The van der Waals surface area contributed by atoms with E-state index in [1.54, 1.807) is 0 Å². The Bertz CT molecular complexity index is 1170. The monoisotopic (exact) mass is 448 g/mol. The number of halogens is 3. The summed E-state index contributed by atoms with van der Waals surface area (Å²) in [5.41, 5.74) is -1.26. The third-order valence-electron chi connectivity index (χ3n) is 5.34. The van der Waals surface area contributed by atoms with Gasteiger partial charge in [0.2, 0.25) is 0 Å². The fourth-order valence-corrected chi connectivity index (χ4v) is 3.50. The summed E-state index contributed by atoms with van der Waals surface area (Å²) in [5.74, 6) is -0.384. The van der Waals surface area contributed by atoms with Crippen LogP contribution in [0.5, 0.6) is 0 Å². The van der Waals surface area contributed by atoms with E-state index in [0.717, 1.165) is 19.2 Å². The zero-order valence-corrected chi connectivity index (χ0v) is 17.0. The maximum absolute atomic E-state index is 13.7. The summed E-state index contributed by atoms with van der Waals surface area (Å²) in [6.45, 7) is 3.04. The zero-order chi connectivity index (χ0) is 23.0. The Hall–Kier alpha value is -3.38. The lowest BCUT2D eigenvalue weighted by molar-refractivity contribution is -0.384. The first-order valence-corrected chi connectivity index (χ1v) is 9.79. The van der Waals surface area contributed by atoms with Gasteiger partial charge >= 0.3 is 6.18 Å². The Morgan fingerprint density at radius 2 is 1.78 bits per heavy atom. The molecule has 0 aliphatic carbocycles. The third-order valence-corrected chi connectivity index (χ3v) is 5.34. The summed E-state index contributed by atoms with van der Waals surface area (Å²) in [6.07, 6.45) is -4.75. The molecule has 0 atom stereocenters. The molecule has 0 radical (unpaired) electrons. The standard InChI is InChI=1S/C20H19F3N6O3/c1-26-6-8-27(9-7-26)12-17(30)16-11-19-24-15(10-18(20(21,22)23)28(19)25-16)13-2-4-14(5-3-13)29(31)32/h2-5,10-11H,6-9,12H2,1H3. The van der Waals surface area contributed by atoms with Gasteiger partial charge in [0.05, 0.1) is 17.2 Å². The highest BCUT2D eigenvalue weighted by molar-refractivity contribution is 5.96. The number of likely N-dealkylation sites (N-methyl/N-ethyl adjacent to an activating group) is 1. The molecule has 1 saturated heterocycles. The molecule has 32 heavy (non-hydrogen) atoms. The fourth-order valence-electron chi connectivity index (χ4n) is 3.50. The van der Waals surface area contributed by atoms with Crippen molar-refractivity contribution in [2.45, 2.75) is 6.18 Å². The molecular weight excluding hydrogens is 429 g/mol. The Kier molecular flexibility index (Phi) is 5.65. The average molecular weight is 448 g/mol. The van der Waals surface area contributed by atoms with E-state index in [0.29, 0.717) is 17.6 Å². The second-order valence-corrected chi connectivity index (χ2v) is 7.63. The number of ketones is 1. The van der Waals surface area contributed by atoms with Crippen LogP contribution in [0.2, 0.25) is 0 Å². The molecule has 3 heterocycles. The predicted octanol–water partition coefficient (Wildman–Crippen LogP) is 2.75. The van der Waals surface area contributed by atoms with Crippen LogP contribution in [0.1, 0.15) is 16.2 Å². The molecule has 1 fully saturated rings. The molecule has 0 N–H and O–H groups in total. The normalized spacial score (nSPS) is 15.9. The Labute approximate surface area is 180 Å². The van der Waals surface area contributed by atoms with E-state index >= 15 is 0 Å². The molecule has 4 rings (SSSR count). The van der Waals surface area contributed by atoms with Gasteiger partial charge in [-0.15, -0.1) is 0 Å². The number of hydrogen-bond donors (Lipinski definition) is 0. The van der Waals surface area contributed by atoms with Crippen molar-refractivity contribution in [1.82, 2.24) is 24.4 Å². The van der Waals surface area contributed by atoms with Crippen LogP contribution in [-0.4, -0.2) is 74.9 Å². The van der Waals surface area contributed by atoms with Gasteiger partial charge in [0.25, 0.3) is 5.69 Å². The number of nitrogens with zero attached hydrogens (tertiary/aromatic N) is 6. The van der Waals surface area contributed by atoms with Crippen molar-refractivity contribution in [3.05, 3.63) is 57.9 Å². The number of carbonyl (C=O) groups is 1. The summed E-state index contributed by atoms with van der Waals surface area (Å²) in [4.78, 5) is 31.2. The van der Waals surface area contributed by atoms with Crippen LogP contribution >= 0.6 is 0 Å². The number of rotatable bonds is 5. The molecule has 9 nitrogen and oxygen atoms in total. The molecule has 0 saturated carbocycles. The van der Waals surface area contributed by atoms with E-state index in [4.69, 9.17) is 0 Å². The van der Waals surface area contributed by atoms with Crippen LogP contribution in [0.4, 0.5) is 18.9 Å². The molecule has 2 aromatic heterocycles. The van der Waals surface area contributed by atoms with E-state index in [1.165, 1.54) is 30.3 Å². The predicted molar refractivity (Wildman–Crippen MR) is 108 cm³/mol. The van der Waals surface area contributed by atoms with Crippen molar-refractivity contribution in [3.8, 4) is 11.3 Å². The fraction of sp³-hybridized carbons (Fsp3) is 0.350. The molecule has 0 bridgehead atoms. The number of piperazine rings is 1. The highest BCUT2D eigenvalue weighted by Gasteiger charge is 2.36. The maximum atomic E-state index is 13.7. The van der Waals surface area contributed by atoms with Gasteiger partial charge in [-0.3, -0.25) is 19.8 Å². The van der Waals surface area contributed by atoms with Crippen LogP contribution in [-0.2, 0) is 6.18 Å². The van der Waals surface area contributed by atoms with Crippen molar-refractivity contribution >= 4 is 17.1 Å². The van der Waals surface area contributed by atoms with Gasteiger partial charge in [0, 0.05) is 49.9 Å². The summed E-state index contributed by atoms with van der Waals surface area (Å²) in [6, 6.07) is 7.09. The second-order valence-electron chi connectivity index (χ2n) is 7.63. The molecule has 0 unspecified atom stereocenters. The minimum atomic E-state index is -4.75. The van der Waals surface area contributed by atoms with Crippen LogP contribution in [0.3, 0.4) is 0 Å². The summed E-state index contributed by atoms with van der Waals surface area (Å²) >= 11 is 0. The minimum absolute atomic E-state index is 0.0299. The van der Waals surface area contributed by atoms with Crippen LogP contribution < -0.4 is 0 Å². The first-order chi connectivity index (χ1) is 15.1. The van der Waals surface area contributed by atoms with Gasteiger partial charge in [-0.1, -0.05) is 0 Å². The van der Waals surface area contributed by atoms with Gasteiger partial charge < -0.3 is 4.90 Å². The molecule has 0 spiro atoms. The van der Waals surface area contributed by atoms with Crippen LogP contribution in [0.15, 0.2) is 36.4 Å². The van der Waals surface area contributed by atoms with Gasteiger partial charge in [0.15, 0.2) is 17.1 Å². The quantitative estimate of drug-likeness (QED) is 0.336. The van der Waals surface area contributed by atoms with Crippen molar-refractivity contribution in [2.75, 3.05) is 39.8 Å².